The summed E-state index contributed by atoms with van der Waals surface area (Å²) >= 11 is 0. The number of carbonyl (C=O) groups excluding carboxylic acids is 1. The van der Waals surface area contributed by atoms with Crippen LogP contribution in [0.15, 0.2) is 79.4 Å². The maximum absolute atomic E-state index is 13.8. The highest BCUT2D eigenvalue weighted by atomic mass is 19.4. The minimum Gasteiger partial charge on any atom is -0.481 e. The Balaban J connectivity index is 0.000000225. The van der Waals surface area contributed by atoms with Gasteiger partial charge in [0.05, 0.1) is 47.2 Å². The van der Waals surface area contributed by atoms with Gasteiger partial charge in [-0.3, -0.25) is 9.59 Å². The van der Waals surface area contributed by atoms with E-state index < -0.39 is 89.1 Å². The van der Waals surface area contributed by atoms with Crippen molar-refractivity contribution in [2.24, 2.45) is 31.8 Å². The third-order valence-electron chi connectivity index (χ3n) is 18.7. The van der Waals surface area contributed by atoms with Gasteiger partial charge in [0.25, 0.3) is 5.95 Å². The zero-order chi connectivity index (χ0) is 69.1. The Kier molecular flexibility index (Phi) is 21.8. The number of nitrogens with zero attached hydrogens (tertiary/aromatic N) is 11. The molecule has 0 spiro atoms. The molecule has 6 aromatic rings. The normalized spacial score (nSPS) is 22.0. The molecule has 1 saturated heterocycles. The number of carboxylic acid groups (broad SMARTS) is 2. The molecule has 2 saturated carbocycles. The van der Waals surface area contributed by atoms with Gasteiger partial charge in [-0.25, -0.2) is 14.8 Å². The van der Waals surface area contributed by atoms with Crippen molar-refractivity contribution in [2.45, 2.75) is 186 Å². The van der Waals surface area contributed by atoms with Crippen molar-refractivity contribution in [3.8, 4) is 11.1 Å². The van der Waals surface area contributed by atoms with Crippen LogP contribution in [0.3, 0.4) is 0 Å². The van der Waals surface area contributed by atoms with Gasteiger partial charge in [0.2, 0.25) is 5.95 Å². The topological polar surface area (TPSA) is 188 Å². The Labute approximate surface area is 541 Å². The Morgan fingerprint density at radius 2 is 1.14 bits per heavy atom. The van der Waals surface area contributed by atoms with Crippen LogP contribution in [0, 0.1) is 31.6 Å². The monoisotopic (exact) mass is 1350 g/mol. The van der Waals surface area contributed by atoms with Gasteiger partial charge in [-0.2, -0.15) is 57.5 Å². The molecule has 29 heteroatoms. The summed E-state index contributed by atoms with van der Waals surface area (Å²) in [6.07, 6.45) is -6.58. The predicted molar refractivity (Wildman–Crippen MR) is 327 cm³/mol. The van der Waals surface area contributed by atoms with E-state index in [4.69, 9.17) is 4.74 Å². The van der Waals surface area contributed by atoms with Crippen molar-refractivity contribution in [3.05, 3.63) is 129 Å². The van der Waals surface area contributed by atoms with Gasteiger partial charge in [-0.15, -0.1) is 5.10 Å². The number of aryl methyl sites for hydroxylation is 4. The highest BCUT2D eigenvalue weighted by Crippen LogP contribution is 2.45. The number of anilines is 3. The van der Waals surface area contributed by atoms with E-state index in [1.807, 2.05) is 63.8 Å². The number of amides is 1. The average molecular weight is 1350 g/mol. The number of halogens is 12. The summed E-state index contributed by atoms with van der Waals surface area (Å²) in [4.78, 5) is 54.1. The minimum absolute atomic E-state index is 0.0963. The molecule has 516 valence electrons. The largest absolute Gasteiger partial charge is 0.481 e. The number of carboxylic acids is 2. The molecule has 17 nitrogen and oxygen atoms in total. The Hall–Kier alpha value is -8.14. The van der Waals surface area contributed by atoms with Gasteiger partial charge in [0, 0.05) is 93.0 Å². The number of tetrazole rings is 1. The van der Waals surface area contributed by atoms with Gasteiger partial charge in [0.1, 0.15) is 6.10 Å². The first-order valence-electron chi connectivity index (χ1n) is 31.8. The summed E-state index contributed by atoms with van der Waals surface area (Å²) in [6.45, 7) is 8.50. The molecule has 2 aliphatic heterocycles. The molecule has 2 N–H and O–H groups in total. The molecular weight excluding hydrogens is 1270 g/mol. The highest BCUT2D eigenvalue weighted by molar-refractivity contribution is 5.71. The van der Waals surface area contributed by atoms with Gasteiger partial charge in [0.15, 0.2) is 0 Å². The quantitative estimate of drug-likeness (QED) is 0.0871. The van der Waals surface area contributed by atoms with Crippen LogP contribution in [0.2, 0.25) is 0 Å². The standard InChI is InChI=1S/C35H41F6N5O4.C31H36F6N6O2/c1-4-27-15-29(16-28(5-2)46(27)33(49)50-30-8-6-22(7-9-30)31(47)48)45(32-42-17-24(18-43-32)23-10-11-44(3)20-23)19-21-12-25(34(36,37)38)14-26(13-21)35(39,40)41;1-18-11-19(2)27-25(12-18)26(5-4-10-42(27)16-20-6-8-22(9-7-20)28(44)45)43(29-38-40-41(3)39-29)17-21-13-23(30(32,33)34)15-24(14-21)31(35,36)37/h10-14,17-18,20,22,27-30H,4-9,15-16,19H2,1-3H3,(H,47,48);11-15,20,22,26H,4-10,16-17H2,1-3H3,(H,44,45)/t22?,27-,28+,29?,30?;20?,22?,26-/m.0/s1. The second-order valence-corrected chi connectivity index (χ2v) is 25.5. The number of aliphatic carboxylic acids is 2. The average Bonchev–Trinajstić information content (AvgIpc) is 1.82. The molecular formula is C66H77F12N11O6. The summed E-state index contributed by atoms with van der Waals surface area (Å²) in [5.74, 6) is -1.88. The number of aromatic nitrogens is 7. The smallest absolute Gasteiger partial charge is 0.416 e. The van der Waals surface area contributed by atoms with Crippen LogP contribution in [-0.4, -0.2) is 105 Å². The van der Waals surface area contributed by atoms with Crippen LogP contribution < -0.4 is 14.7 Å². The molecule has 5 heterocycles. The van der Waals surface area contributed by atoms with Gasteiger partial charge in [-0.1, -0.05) is 36.6 Å². The number of hydrogen-bond acceptors (Lipinski definition) is 12. The maximum Gasteiger partial charge on any atom is 0.416 e. The lowest BCUT2D eigenvalue weighted by Gasteiger charge is -2.47. The number of ether oxygens (including phenoxy) is 1. The molecule has 4 aliphatic rings. The minimum atomic E-state index is -5.01. The van der Waals surface area contributed by atoms with Crippen LogP contribution in [0.5, 0.6) is 0 Å². The summed E-state index contributed by atoms with van der Waals surface area (Å²) in [7, 11) is 3.39. The van der Waals surface area contributed by atoms with E-state index in [-0.39, 0.29) is 66.2 Å². The number of alkyl halides is 12. The zero-order valence-corrected chi connectivity index (χ0v) is 53.3. The van der Waals surface area contributed by atoms with Crippen molar-refractivity contribution < 1.29 is 82.0 Å². The van der Waals surface area contributed by atoms with E-state index >= 15 is 0 Å². The van der Waals surface area contributed by atoms with Crippen molar-refractivity contribution in [1.82, 2.24) is 39.6 Å². The molecule has 3 fully saturated rings. The second kappa shape index (κ2) is 29.1. The lowest BCUT2D eigenvalue weighted by molar-refractivity contribution is -0.144. The van der Waals surface area contributed by atoms with Crippen molar-refractivity contribution in [1.29, 1.82) is 0 Å². The molecule has 3 aromatic heterocycles. The van der Waals surface area contributed by atoms with E-state index in [1.54, 1.807) is 27.1 Å². The second-order valence-electron chi connectivity index (χ2n) is 25.5. The first kappa shape index (κ1) is 71.2. The van der Waals surface area contributed by atoms with E-state index in [0.717, 1.165) is 71.6 Å². The number of fused-ring (bicyclic) bond motifs is 1. The van der Waals surface area contributed by atoms with Crippen LogP contribution in [-0.2, 0) is 66.2 Å². The molecule has 2 aliphatic carbocycles. The number of hydrogen-bond donors (Lipinski definition) is 2. The van der Waals surface area contributed by atoms with Gasteiger partial charge < -0.3 is 39.1 Å². The first-order chi connectivity index (χ1) is 44.7. The maximum atomic E-state index is 13.8. The first-order valence-corrected chi connectivity index (χ1v) is 31.8. The fraction of sp³-hybridized carbons (Fsp3) is 0.545. The Morgan fingerprint density at radius 3 is 1.59 bits per heavy atom. The molecule has 1 amide bonds. The molecule has 0 bridgehead atoms. The lowest BCUT2D eigenvalue weighted by Crippen LogP contribution is -2.57. The highest BCUT2D eigenvalue weighted by Gasteiger charge is 2.44. The lowest BCUT2D eigenvalue weighted by atomic mass is 9.81. The van der Waals surface area contributed by atoms with Crippen LogP contribution in [0.1, 0.15) is 160 Å². The molecule has 1 unspecified atom stereocenters. The van der Waals surface area contributed by atoms with E-state index in [1.165, 1.54) is 11.8 Å². The Bertz CT molecular complexity index is 3560. The predicted octanol–water partition coefficient (Wildman–Crippen LogP) is 15.4. The summed E-state index contributed by atoms with van der Waals surface area (Å²) < 4.78 is 173. The van der Waals surface area contributed by atoms with Crippen molar-refractivity contribution in [2.75, 3.05) is 27.8 Å². The number of rotatable bonds is 16. The molecule has 4 atom stereocenters. The van der Waals surface area contributed by atoms with Crippen molar-refractivity contribution >= 4 is 35.6 Å². The zero-order valence-electron chi connectivity index (χ0n) is 53.3. The summed E-state index contributed by atoms with van der Waals surface area (Å²) in [5.41, 5.74) is -0.615. The fourth-order valence-electron chi connectivity index (χ4n) is 14.0. The van der Waals surface area contributed by atoms with Crippen LogP contribution in [0.4, 0.5) is 75.1 Å². The fourth-order valence-corrected chi connectivity index (χ4v) is 14.0. The third-order valence-corrected chi connectivity index (χ3v) is 18.7. The van der Waals surface area contributed by atoms with Crippen molar-refractivity contribution in [3.63, 3.8) is 0 Å². The van der Waals surface area contributed by atoms with Gasteiger partial charge in [-0.05, 0) is 180 Å². The van der Waals surface area contributed by atoms with Crippen LogP contribution >= 0.6 is 0 Å². The van der Waals surface area contributed by atoms with E-state index in [2.05, 4.69) is 36.3 Å². The van der Waals surface area contributed by atoms with E-state index in [9.17, 15) is 77.3 Å². The molecule has 10 rings (SSSR count). The number of carbonyl (C=O) groups is 3. The number of likely N-dealkylation sites (tertiary alicyclic amines) is 1. The van der Waals surface area contributed by atoms with Gasteiger partial charge >= 0.3 is 42.7 Å². The number of benzene rings is 3. The third kappa shape index (κ3) is 17.5. The molecule has 0 radical (unpaired) electrons. The molecule has 95 heavy (non-hydrogen) atoms. The Morgan fingerprint density at radius 1 is 0.632 bits per heavy atom. The number of piperidine rings is 1. The summed E-state index contributed by atoms with van der Waals surface area (Å²) in [5, 5.41) is 31.1. The van der Waals surface area contributed by atoms with Crippen LogP contribution in [0.25, 0.3) is 11.1 Å². The SMILES string of the molecule is CC[C@@H]1CC(N(Cc2cc(C(F)(F)F)cc(C(F)(F)F)c2)c2ncc(-c3ccn(C)c3)cn2)C[C@H](CC)N1C(=O)OC1CCC(C(=O)O)CC1.Cc1cc(C)c2c(c1)[C@@H](N(Cc1cc(C(F)(F)F)cc(C(F)(F)F)c1)c1nnn(C)n1)CCCN2CC1CCC(C(=O)O)CC1. The van der Waals surface area contributed by atoms with E-state index in [0.29, 0.717) is 95.1 Å². The summed E-state index contributed by atoms with van der Waals surface area (Å²) in [6, 6.07) is 7.47. The molecule has 3 aromatic carbocycles.